The van der Waals surface area contributed by atoms with Gasteiger partial charge < -0.3 is 19.8 Å². The maximum Gasteiger partial charge on any atom is 0.253 e. The second-order valence-electron chi connectivity index (χ2n) is 8.71. The topological polar surface area (TPSA) is 68.7 Å². The average Bonchev–Trinajstić information content (AvgIpc) is 3.29. The van der Waals surface area contributed by atoms with Gasteiger partial charge in [-0.15, -0.1) is 0 Å². The molecule has 36 heavy (non-hydrogen) atoms. The number of fused-ring (bicyclic) bond motifs is 1. The number of halogens is 4. The summed E-state index contributed by atoms with van der Waals surface area (Å²) in [7, 11) is 0. The monoisotopic (exact) mass is 498 g/mol. The molecule has 1 aliphatic rings. The van der Waals surface area contributed by atoms with Crippen molar-refractivity contribution < 1.29 is 31.5 Å². The van der Waals surface area contributed by atoms with Crippen LogP contribution in [0.5, 0.6) is 11.5 Å². The standard InChI is InChI=1S/C27H22F4N2O3/c28-19-2-4-20(5-3-19)35-24-14-17(11-18-12-21(15-32)36-25(18)24)22-6-1-16(13-23(22)29)26(34)33-9-7-27(30,31)8-10-33/h1-6,11-14H,7-10,15,32H2. The zero-order valence-electron chi connectivity index (χ0n) is 19.1. The van der Waals surface area contributed by atoms with Gasteiger partial charge in [0, 0.05) is 42.4 Å². The first-order valence-electron chi connectivity index (χ1n) is 11.4. The molecule has 5 nitrogen and oxygen atoms in total. The predicted octanol–water partition coefficient (Wildman–Crippen LogP) is 6.50. The Morgan fingerprint density at radius 2 is 1.72 bits per heavy atom. The Morgan fingerprint density at radius 3 is 2.39 bits per heavy atom. The van der Waals surface area contributed by atoms with Crippen LogP contribution in [0.15, 0.2) is 65.1 Å². The van der Waals surface area contributed by atoms with E-state index in [1.165, 1.54) is 41.3 Å². The van der Waals surface area contributed by atoms with Gasteiger partial charge in [-0.25, -0.2) is 17.6 Å². The highest BCUT2D eigenvalue weighted by Crippen LogP contribution is 2.38. The molecule has 2 heterocycles. The first kappa shape index (κ1) is 23.9. The fourth-order valence-electron chi connectivity index (χ4n) is 4.24. The van der Waals surface area contributed by atoms with E-state index in [2.05, 4.69) is 0 Å². The first-order valence-corrected chi connectivity index (χ1v) is 11.4. The molecule has 0 aliphatic carbocycles. The van der Waals surface area contributed by atoms with Gasteiger partial charge in [-0.1, -0.05) is 6.07 Å². The van der Waals surface area contributed by atoms with E-state index < -0.39 is 36.3 Å². The van der Waals surface area contributed by atoms with Crippen LogP contribution in [0.3, 0.4) is 0 Å². The third-order valence-electron chi connectivity index (χ3n) is 6.19. The highest BCUT2D eigenvalue weighted by molar-refractivity contribution is 5.95. The number of alkyl halides is 2. The molecule has 1 saturated heterocycles. The minimum atomic E-state index is -2.78. The number of ether oxygens (including phenoxy) is 1. The van der Waals surface area contributed by atoms with Gasteiger partial charge in [-0.3, -0.25) is 4.79 Å². The highest BCUT2D eigenvalue weighted by Gasteiger charge is 2.35. The van der Waals surface area contributed by atoms with Crippen molar-refractivity contribution in [3.63, 3.8) is 0 Å². The maximum absolute atomic E-state index is 15.2. The lowest BCUT2D eigenvalue weighted by atomic mass is 10.00. The molecule has 1 aliphatic heterocycles. The lowest BCUT2D eigenvalue weighted by Gasteiger charge is -2.31. The van der Waals surface area contributed by atoms with Crippen LogP contribution in [0.4, 0.5) is 17.6 Å². The smallest absolute Gasteiger partial charge is 0.253 e. The molecule has 0 radical (unpaired) electrons. The van der Waals surface area contributed by atoms with E-state index in [0.717, 1.165) is 6.07 Å². The number of nitrogens with zero attached hydrogens (tertiary/aromatic N) is 1. The number of hydrogen-bond acceptors (Lipinski definition) is 4. The number of piperidine rings is 1. The molecule has 9 heteroatoms. The van der Waals surface area contributed by atoms with Crippen molar-refractivity contribution in [2.45, 2.75) is 25.3 Å². The lowest BCUT2D eigenvalue weighted by Crippen LogP contribution is -2.42. The van der Waals surface area contributed by atoms with E-state index in [1.54, 1.807) is 18.2 Å². The van der Waals surface area contributed by atoms with Crippen LogP contribution in [0.1, 0.15) is 29.0 Å². The van der Waals surface area contributed by atoms with Gasteiger partial charge in [-0.2, -0.15) is 0 Å². The Morgan fingerprint density at radius 1 is 1.00 bits per heavy atom. The van der Waals surface area contributed by atoms with Crippen molar-refractivity contribution >= 4 is 16.9 Å². The van der Waals surface area contributed by atoms with Crippen LogP contribution >= 0.6 is 0 Å². The number of hydrogen-bond donors (Lipinski definition) is 1. The summed E-state index contributed by atoms with van der Waals surface area (Å²) in [5, 5.41) is 0.624. The van der Waals surface area contributed by atoms with Gasteiger partial charge in [0.1, 0.15) is 23.1 Å². The zero-order chi connectivity index (χ0) is 25.4. The summed E-state index contributed by atoms with van der Waals surface area (Å²) < 4.78 is 67.1. The number of furan rings is 1. The highest BCUT2D eigenvalue weighted by atomic mass is 19.3. The number of amides is 1. The SMILES string of the molecule is NCc1cc2cc(-c3ccc(C(=O)N4CCC(F)(F)CC4)cc3F)cc(Oc3ccc(F)cc3)c2o1. The number of rotatable bonds is 5. The summed E-state index contributed by atoms with van der Waals surface area (Å²) in [5.41, 5.74) is 6.86. The molecule has 1 fully saturated rings. The largest absolute Gasteiger partial charge is 0.456 e. The molecule has 3 aromatic carbocycles. The van der Waals surface area contributed by atoms with Crippen molar-refractivity contribution in [2.75, 3.05) is 13.1 Å². The maximum atomic E-state index is 15.2. The van der Waals surface area contributed by atoms with Crippen LogP contribution in [0.2, 0.25) is 0 Å². The molecular weight excluding hydrogens is 476 g/mol. The molecule has 0 spiro atoms. The molecule has 1 aromatic heterocycles. The van der Waals surface area contributed by atoms with Gasteiger partial charge in [0.2, 0.25) is 0 Å². The fourth-order valence-corrected chi connectivity index (χ4v) is 4.24. The second kappa shape index (κ2) is 9.31. The van der Waals surface area contributed by atoms with Gasteiger partial charge in [0.15, 0.2) is 11.3 Å². The molecule has 0 saturated carbocycles. The van der Waals surface area contributed by atoms with Gasteiger partial charge in [-0.05, 0) is 60.2 Å². The minimum absolute atomic E-state index is 0.0825. The Labute approximate surface area is 204 Å². The molecule has 5 rings (SSSR count). The van der Waals surface area contributed by atoms with Crippen LogP contribution < -0.4 is 10.5 Å². The Hall–Kier alpha value is -3.85. The molecule has 0 unspecified atom stereocenters. The lowest BCUT2D eigenvalue weighted by molar-refractivity contribution is -0.0494. The van der Waals surface area contributed by atoms with Crippen LogP contribution in [0.25, 0.3) is 22.1 Å². The fraction of sp³-hybridized carbons (Fsp3) is 0.222. The number of likely N-dealkylation sites (tertiary alicyclic amines) is 1. The molecule has 0 bridgehead atoms. The van der Waals surface area contributed by atoms with E-state index in [4.69, 9.17) is 14.9 Å². The molecular formula is C27H22F4N2O3. The normalized spacial score (nSPS) is 15.3. The van der Waals surface area contributed by atoms with Crippen molar-refractivity contribution in [1.82, 2.24) is 4.90 Å². The summed E-state index contributed by atoms with van der Waals surface area (Å²) in [4.78, 5) is 14.1. The van der Waals surface area contributed by atoms with E-state index in [9.17, 15) is 18.0 Å². The summed E-state index contributed by atoms with van der Waals surface area (Å²) in [5.74, 6) is -3.21. The van der Waals surface area contributed by atoms with Crippen molar-refractivity contribution in [2.24, 2.45) is 5.73 Å². The summed E-state index contributed by atoms with van der Waals surface area (Å²) in [6.45, 7) is -0.0204. The van der Waals surface area contributed by atoms with Crippen LogP contribution in [0, 0.1) is 11.6 Å². The summed E-state index contributed by atoms with van der Waals surface area (Å²) in [6.07, 6.45) is -0.822. The molecule has 0 atom stereocenters. The van der Waals surface area contributed by atoms with Gasteiger partial charge in [0.05, 0.1) is 6.54 Å². The Bertz CT molecular complexity index is 1420. The van der Waals surface area contributed by atoms with Gasteiger partial charge in [0.25, 0.3) is 11.8 Å². The minimum Gasteiger partial charge on any atom is -0.456 e. The number of nitrogens with two attached hydrogens (primary N) is 1. The van der Waals surface area contributed by atoms with Crippen molar-refractivity contribution in [3.05, 3.63) is 83.6 Å². The van der Waals surface area contributed by atoms with E-state index in [0.29, 0.717) is 28.0 Å². The molecule has 186 valence electrons. The summed E-state index contributed by atoms with van der Waals surface area (Å²) in [6, 6.07) is 14.5. The van der Waals surface area contributed by atoms with Crippen LogP contribution in [-0.2, 0) is 6.54 Å². The first-order chi connectivity index (χ1) is 17.2. The Kier molecular flexibility index (Phi) is 6.17. The van der Waals surface area contributed by atoms with Gasteiger partial charge >= 0.3 is 0 Å². The number of carbonyl (C=O) groups excluding carboxylic acids is 1. The van der Waals surface area contributed by atoms with Crippen molar-refractivity contribution in [3.8, 4) is 22.6 Å². The molecule has 1 amide bonds. The summed E-state index contributed by atoms with van der Waals surface area (Å²) >= 11 is 0. The zero-order valence-corrected chi connectivity index (χ0v) is 19.1. The third-order valence-corrected chi connectivity index (χ3v) is 6.19. The third kappa shape index (κ3) is 4.79. The van der Waals surface area contributed by atoms with E-state index >= 15 is 4.39 Å². The van der Waals surface area contributed by atoms with Crippen molar-refractivity contribution in [1.29, 1.82) is 0 Å². The quantitative estimate of drug-likeness (QED) is 0.319. The van der Waals surface area contributed by atoms with E-state index in [-0.39, 0.29) is 36.5 Å². The number of carbonyl (C=O) groups is 1. The average molecular weight is 498 g/mol. The number of benzene rings is 3. The Balaban J connectivity index is 1.48. The molecule has 4 aromatic rings. The van der Waals surface area contributed by atoms with E-state index in [1.807, 2.05) is 0 Å². The predicted molar refractivity (Wildman–Crippen MR) is 126 cm³/mol. The molecule has 2 N–H and O–H groups in total. The van der Waals surface area contributed by atoms with Crippen LogP contribution in [-0.4, -0.2) is 29.8 Å². The second-order valence-corrected chi connectivity index (χ2v) is 8.71.